The fraction of sp³-hybridized carbons (Fsp3) is 0.450. The Labute approximate surface area is 158 Å². The van der Waals surface area contributed by atoms with Crippen molar-refractivity contribution in [1.29, 1.82) is 0 Å². The van der Waals surface area contributed by atoms with E-state index in [4.69, 9.17) is 0 Å². The van der Waals surface area contributed by atoms with Crippen LogP contribution in [0.1, 0.15) is 18.4 Å². The smallest absolute Gasteiger partial charge is 0.332 e. The minimum atomic E-state index is -0.355. The summed E-state index contributed by atoms with van der Waals surface area (Å²) in [7, 11) is 3.12. The van der Waals surface area contributed by atoms with Crippen molar-refractivity contribution in [3.05, 3.63) is 62.8 Å². The minimum Gasteiger partial charge on any atom is -0.357 e. The van der Waals surface area contributed by atoms with Crippen LogP contribution in [0, 0.1) is 5.92 Å². The van der Waals surface area contributed by atoms with Gasteiger partial charge in [-0.2, -0.15) is 0 Å². The zero-order valence-corrected chi connectivity index (χ0v) is 15.9. The van der Waals surface area contributed by atoms with Gasteiger partial charge in [-0.15, -0.1) is 0 Å². The number of aromatic nitrogens is 2. The van der Waals surface area contributed by atoms with Crippen molar-refractivity contribution in [2.24, 2.45) is 20.0 Å². The Morgan fingerprint density at radius 2 is 1.89 bits per heavy atom. The molecule has 144 valence electrons. The van der Waals surface area contributed by atoms with Crippen LogP contribution >= 0.6 is 0 Å². The van der Waals surface area contributed by atoms with Gasteiger partial charge in [0.1, 0.15) is 5.82 Å². The molecule has 0 spiro atoms. The third-order valence-electron chi connectivity index (χ3n) is 5.17. The molecule has 7 heteroatoms. The third kappa shape index (κ3) is 4.30. The molecule has 2 aromatic rings. The number of amides is 1. The first-order valence-corrected chi connectivity index (χ1v) is 9.31. The van der Waals surface area contributed by atoms with Gasteiger partial charge < -0.3 is 10.2 Å². The third-order valence-corrected chi connectivity index (χ3v) is 5.17. The van der Waals surface area contributed by atoms with Gasteiger partial charge in [-0.3, -0.25) is 18.7 Å². The Balaban J connectivity index is 1.63. The highest BCUT2D eigenvalue weighted by Crippen LogP contribution is 2.21. The van der Waals surface area contributed by atoms with Crippen molar-refractivity contribution in [3.8, 4) is 0 Å². The molecule has 3 rings (SSSR count). The molecule has 1 atom stereocenters. The summed E-state index contributed by atoms with van der Waals surface area (Å²) in [5, 5.41) is 3.02. The summed E-state index contributed by atoms with van der Waals surface area (Å²) in [5.74, 6) is 0.461. The first-order valence-electron chi connectivity index (χ1n) is 9.31. The van der Waals surface area contributed by atoms with Crippen molar-refractivity contribution < 1.29 is 4.79 Å². The topological polar surface area (TPSA) is 76.3 Å². The molecule has 0 saturated carbocycles. The SMILES string of the molecule is Cn1c(N2CCCC(C(=O)NCCc3ccccc3)C2)cc(=O)n(C)c1=O. The molecular weight excluding hydrogens is 344 g/mol. The number of nitrogens with zero attached hydrogens (tertiary/aromatic N) is 3. The molecule has 2 heterocycles. The normalized spacial score (nSPS) is 17.0. The molecule has 27 heavy (non-hydrogen) atoms. The largest absolute Gasteiger partial charge is 0.357 e. The predicted octanol–water partition coefficient (Wildman–Crippen LogP) is 0.659. The lowest BCUT2D eigenvalue weighted by Crippen LogP contribution is -2.46. The van der Waals surface area contributed by atoms with Crippen LogP contribution in [0.25, 0.3) is 0 Å². The van der Waals surface area contributed by atoms with Gasteiger partial charge in [-0.25, -0.2) is 4.79 Å². The lowest BCUT2D eigenvalue weighted by Gasteiger charge is -2.34. The Kier molecular flexibility index (Phi) is 5.78. The lowest BCUT2D eigenvalue weighted by molar-refractivity contribution is -0.125. The Morgan fingerprint density at radius 3 is 2.63 bits per heavy atom. The quantitative estimate of drug-likeness (QED) is 0.839. The van der Waals surface area contributed by atoms with Gasteiger partial charge in [0.05, 0.1) is 5.92 Å². The van der Waals surface area contributed by atoms with Gasteiger partial charge >= 0.3 is 5.69 Å². The van der Waals surface area contributed by atoms with E-state index in [1.807, 2.05) is 35.2 Å². The van der Waals surface area contributed by atoms with Crippen LogP contribution in [-0.2, 0) is 25.3 Å². The average Bonchev–Trinajstić information content (AvgIpc) is 2.70. The van der Waals surface area contributed by atoms with Crippen LogP contribution in [0.2, 0.25) is 0 Å². The molecule has 0 radical (unpaired) electrons. The molecule has 1 N–H and O–H groups in total. The second-order valence-corrected chi connectivity index (χ2v) is 7.05. The monoisotopic (exact) mass is 370 g/mol. The number of anilines is 1. The van der Waals surface area contributed by atoms with E-state index in [1.54, 1.807) is 7.05 Å². The fourth-order valence-corrected chi connectivity index (χ4v) is 3.54. The molecule has 0 aliphatic carbocycles. The molecule has 1 fully saturated rings. The van der Waals surface area contributed by atoms with E-state index in [-0.39, 0.29) is 23.1 Å². The van der Waals surface area contributed by atoms with Crippen LogP contribution in [0.3, 0.4) is 0 Å². The van der Waals surface area contributed by atoms with Gasteiger partial charge in [-0.1, -0.05) is 30.3 Å². The highest BCUT2D eigenvalue weighted by molar-refractivity contribution is 5.79. The van der Waals surface area contributed by atoms with Crippen molar-refractivity contribution in [3.63, 3.8) is 0 Å². The number of hydrogen-bond donors (Lipinski definition) is 1. The Morgan fingerprint density at radius 1 is 1.15 bits per heavy atom. The molecule has 1 amide bonds. The first kappa shape index (κ1) is 18.9. The summed E-state index contributed by atoms with van der Waals surface area (Å²) >= 11 is 0. The van der Waals surface area contributed by atoms with Gasteiger partial charge in [0.15, 0.2) is 0 Å². The fourth-order valence-electron chi connectivity index (χ4n) is 3.54. The maximum atomic E-state index is 12.6. The molecule has 1 aliphatic heterocycles. The second-order valence-electron chi connectivity index (χ2n) is 7.05. The Bertz CT molecular complexity index is 917. The van der Waals surface area contributed by atoms with Crippen LogP contribution in [0.15, 0.2) is 46.0 Å². The van der Waals surface area contributed by atoms with Gasteiger partial charge in [0.25, 0.3) is 5.56 Å². The highest BCUT2D eigenvalue weighted by Gasteiger charge is 2.27. The molecule has 0 bridgehead atoms. The van der Waals surface area contributed by atoms with Crippen LogP contribution < -0.4 is 21.5 Å². The summed E-state index contributed by atoms with van der Waals surface area (Å²) in [4.78, 5) is 38.7. The van der Waals surface area contributed by atoms with E-state index < -0.39 is 0 Å². The number of benzene rings is 1. The summed E-state index contributed by atoms with van der Waals surface area (Å²) in [5.41, 5.74) is 0.507. The second kappa shape index (κ2) is 8.24. The number of carbonyl (C=O) groups is 1. The van der Waals surface area contributed by atoms with Gasteiger partial charge in [-0.05, 0) is 24.8 Å². The van der Waals surface area contributed by atoms with E-state index in [0.29, 0.717) is 18.9 Å². The van der Waals surface area contributed by atoms with E-state index in [2.05, 4.69) is 5.32 Å². The zero-order valence-electron chi connectivity index (χ0n) is 15.9. The van der Waals surface area contributed by atoms with E-state index in [0.717, 1.165) is 30.4 Å². The Hall–Kier alpha value is -2.83. The summed E-state index contributed by atoms with van der Waals surface area (Å²) in [6.45, 7) is 1.84. The van der Waals surface area contributed by atoms with Crippen LogP contribution in [0.5, 0.6) is 0 Å². The minimum absolute atomic E-state index is 0.0319. The number of carbonyl (C=O) groups excluding carboxylic acids is 1. The summed E-state index contributed by atoms with van der Waals surface area (Å²) in [6, 6.07) is 11.5. The summed E-state index contributed by atoms with van der Waals surface area (Å²) < 4.78 is 2.55. The van der Waals surface area contributed by atoms with Crippen molar-refractivity contribution in [2.45, 2.75) is 19.3 Å². The van der Waals surface area contributed by atoms with Gasteiger partial charge in [0, 0.05) is 39.8 Å². The van der Waals surface area contributed by atoms with Crippen molar-refractivity contribution in [2.75, 3.05) is 24.5 Å². The number of piperidine rings is 1. The number of rotatable bonds is 5. The van der Waals surface area contributed by atoms with E-state index >= 15 is 0 Å². The lowest BCUT2D eigenvalue weighted by atomic mass is 9.97. The molecule has 1 saturated heterocycles. The maximum absolute atomic E-state index is 12.6. The van der Waals surface area contributed by atoms with Crippen molar-refractivity contribution in [1.82, 2.24) is 14.5 Å². The number of hydrogen-bond acceptors (Lipinski definition) is 4. The van der Waals surface area contributed by atoms with Crippen molar-refractivity contribution >= 4 is 11.7 Å². The average molecular weight is 370 g/mol. The van der Waals surface area contributed by atoms with Crippen LogP contribution in [-0.4, -0.2) is 34.7 Å². The maximum Gasteiger partial charge on any atom is 0.332 e. The number of nitrogens with one attached hydrogen (secondary N) is 1. The molecule has 1 aromatic carbocycles. The molecular formula is C20H26N4O3. The highest BCUT2D eigenvalue weighted by atomic mass is 16.2. The standard InChI is InChI=1S/C20H26N4O3/c1-22-17(13-18(25)23(2)20(22)27)24-12-6-9-16(14-24)19(26)21-11-10-15-7-4-3-5-8-15/h3-5,7-8,13,16H,6,9-12,14H2,1-2H3,(H,21,26). The molecule has 1 aromatic heterocycles. The molecule has 7 nitrogen and oxygen atoms in total. The van der Waals surface area contributed by atoms with E-state index in [1.165, 1.54) is 23.2 Å². The van der Waals surface area contributed by atoms with E-state index in [9.17, 15) is 14.4 Å². The molecule has 1 unspecified atom stereocenters. The van der Waals surface area contributed by atoms with Gasteiger partial charge in [0.2, 0.25) is 5.91 Å². The zero-order chi connectivity index (χ0) is 19.4. The predicted molar refractivity (Wildman–Crippen MR) is 105 cm³/mol. The first-order chi connectivity index (χ1) is 13.0. The summed E-state index contributed by atoms with van der Waals surface area (Å²) in [6.07, 6.45) is 2.46. The van der Waals surface area contributed by atoms with Crippen LogP contribution in [0.4, 0.5) is 5.82 Å². The molecule has 1 aliphatic rings.